The van der Waals surface area contributed by atoms with Crippen LogP contribution in [0.25, 0.3) is 0 Å². The fourth-order valence-electron chi connectivity index (χ4n) is 2.57. The fourth-order valence-corrected chi connectivity index (χ4v) is 3.62. The van der Waals surface area contributed by atoms with E-state index in [-0.39, 0.29) is 12.1 Å². The lowest BCUT2D eigenvalue weighted by Gasteiger charge is -2.31. The fraction of sp³-hybridized carbons (Fsp3) is 0.562. The summed E-state index contributed by atoms with van der Waals surface area (Å²) in [5, 5.41) is 3.00. The first-order valence-electron chi connectivity index (χ1n) is 7.54. The van der Waals surface area contributed by atoms with Crippen LogP contribution in [0, 0.1) is 0 Å². The summed E-state index contributed by atoms with van der Waals surface area (Å²) >= 11 is 1.93. The predicted molar refractivity (Wildman–Crippen MR) is 93.0 cm³/mol. The first-order valence-corrected chi connectivity index (χ1v) is 8.70. The summed E-state index contributed by atoms with van der Waals surface area (Å²) in [6, 6.07) is 7.69. The minimum absolute atomic E-state index is 0.0254. The number of benzene rings is 1. The molecule has 1 aliphatic heterocycles. The highest BCUT2D eigenvalue weighted by Gasteiger charge is 2.26. The average Bonchev–Trinajstić information content (AvgIpc) is 2.72. The molecule has 0 radical (unpaired) electrons. The molecule has 0 saturated carbocycles. The first kappa shape index (κ1) is 17.0. The Bertz CT molecular complexity index is 496. The van der Waals surface area contributed by atoms with Crippen LogP contribution < -0.4 is 10.1 Å². The second-order valence-corrected chi connectivity index (χ2v) is 6.85. The lowest BCUT2D eigenvalue weighted by Crippen LogP contribution is -2.48. The van der Waals surface area contributed by atoms with E-state index in [0.717, 1.165) is 42.5 Å². The molecular weight excluding hydrogens is 298 g/mol. The number of rotatable bonds is 4. The lowest BCUT2D eigenvalue weighted by molar-refractivity contribution is 0.180. The van der Waals surface area contributed by atoms with Gasteiger partial charge in [-0.05, 0) is 38.4 Å². The Kier molecular flexibility index (Phi) is 6.39. The van der Waals surface area contributed by atoms with Crippen LogP contribution in [-0.2, 0) is 0 Å². The number of likely N-dealkylation sites (N-methyl/N-ethyl adjacent to an activating group) is 1. The highest BCUT2D eigenvalue weighted by Crippen LogP contribution is 2.20. The summed E-state index contributed by atoms with van der Waals surface area (Å²) in [5.74, 6) is 2.85. The van der Waals surface area contributed by atoms with Crippen molar-refractivity contribution < 1.29 is 9.53 Å². The zero-order valence-corrected chi connectivity index (χ0v) is 14.4. The van der Waals surface area contributed by atoms with Crippen molar-refractivity contribution >= 4 is 23.5 Å². The number of thioether (sulfide) groups is 1. The molecule has 1 aromatic rings. The van der Waals surface area contributed by atoms with Crippen LogP contribution in [-0.4, -0.2) is 67.7 Å². The van der Waals surface area contributed by atoms with Crippen LogP contribution in [0.4, 0.5) is 10.5 Å². The van der Waals surface area contributed by atoms with Gasteiger partial charge in [0.05, 0.1) is 13.2 Å². The average molecular weight is 323 g/mol. The van der Waals surface area contributed by atoms with Crippen LogP contribution in [0.15, 0.2) is 24.3 Å². The number of nitrogens with one attached hydrogen (secondary N) is 1. The molecule has 6 heteroatoms. The van der Waals surface area contributed by atoms with E-state index in [9.17, 15) is 4.79 Å². The molecule has 1 aromatic carbocycles. The zero-order valence-electron chi connectivity index (χ0n) is 13.5. The van der Waals surface area contributed by atoms with Crippen molar-refractivity contribution in [1.29, 1.82) is 0 Å². The number of anilines is 1. The molecular formula is C16H25N3O2S. The van der Waals surface area contributed by atoms with Crippen molar-refractivity contribution in [1.82, 2.24) is 9.80 Å². The molecule has 0 aromatic heterocycles. The van der Waals surface area contributed by atoms with Gasteiger partial charge in [-0.1, -0.05) is 6.07 Å². The smallest absolute Gasteiger partial charge is 0.322 e. The molecule has 1 unspecified atom stereocenters. The van der Waals surface area contributed by atoms with Crippen molar-refractivity contribution in [3.63, 3.8) is 0 Å². The van der Waals surface area contributed by atoms with Crippen LogP contribution in [0.3, 0.4) is 0 Å². The van der Waals surface area contributed by atoms with Gasteiger partial charge in [-0.2, -0.15) is 11.8 Å². The maximum Gasteiger partial charge on any atom is 0.322 e. The third-order valence-corrected chi connectivity index (χ3v) is 4.79. The number of hydrogen-bond donors (Lipinski definition) is 1. The van der Waals surface area contributed by atoms with Gasteiger partial charge in [0.2, 0.25) is 0 Å². The summed E-state index contributed by atoms with van der Waals surface area (Å²) in [5.41, 5.74) is 0.768. The van der Waals surface area contributed by atoms with Gasteiger partial charge < -0.3 is 19.9 Å². The maximum absolute atomic E-state index is 12.7. The van der Waals surface area contributed by atoms with Crippen molar-refractivity contribution in [2.24, 2.45) is 0 Å². The highest BCUT2D eigenvalue weighted by atomic mass is 32.2. The molecule has 1 aliphatic rings. The second kappa shape index (κ2) is 8.29. The second-order valence-electron chi connectivity index (χ2n) is 5.70. The third-order valence-electron chi connectivity index (χ3n) is 3.60. The molecule has 1 N–H and O–H groups in total. The van der Waals surface area contributed by atoms with E-state index in [2.05, 4.69) is 10.2 Å². The quantitative estimate of drug-likeness (QED) is 0.925. The van der Waals surface area contributed by atoms with Crippen molar-refractivity contribution in [3.8, 4) is 5.75 Å². The van der Waals surface area contributed by atoms with E-state index in [1.807, 2.05) is 55.0 Å². The molecule has 0 aliphatic carbocycles. The van der Waals surface area contributed by atoms with E-state index in [1.54, 1.807) is 7.11 Å². The summed E-state index contributed by atoms with van der Waals surface area (Å²) in [4.78, 5) is 16.8. The molecule has 1 fully saturated rings. The third kappa shape index (κ3) is 4.81. The van der Waals surface area contributed by atoms with Gasteiger partial charge in [-0.25, -0.2) is 4.79 Å². The van der Waals surface area contributed by atoms with Crippen molar-refractivity contribution in [3.05, 3.63) is 24.3 Å². The van der Waals surface area contributed by atoms with Gasteiger partial charge in [-0.15, -0.1) is 0 Å². The van der Waals surface area contributed by atoms with Crippen molar-refractivity contribution in [2.75, 3.05) is 51.1 Å². The Morgan fingerprint density at radius 3 is 3.05 bits per heavy atom. The molecule has 2 rings (SSSR count). The van der Waals surface area contributed by atoms with Crippen LogP contribution >= 0.6 is 11.8 Å². The van der Waals surface area contributed by atoms with E-state index < -0.39 is 0 Å². The maximum atomic E-state index is 12.7. The molecule has 0 spiro atoms. The number of amides is 2. The van der Waals surface area contributed by atoms with Crippen LogP contribution in [0.2, 0.25) is 0 Å². The number of methoxy groups -OCH3 is 1. The monoisotopic (exact) mass is 323 g/mol. The number of ether oxygens (including phenoxy) is 1. The van der Waals surface area contributed by atoms with Crippen molar-refractivity contribution in [2.45, 2.75) is 12.5 Å². The normalized spacial score (nSPS) is 18.9. The Hall–Kier alpha value is -1.40. The van der Waals surface area contributed by atoms with Gasteiger partial charge in [0, 0.05) is 30.6 Å². The van der Waals surface area contributed by atoms with Crippen LogP contribution in [0.5, 0.6) is 5.75 Å². The predicted octanol–water partition coefficient (Wildman–Crippen LogP) is 2.60. The number of carbonyl (C=O) groups is 1. The Morgan fingerprint density at radius 2 is 2.32 bits per heavy atom. The van der Waals surface area contributed by atoms with Crippen LogP contribution in [0.1, 0.15) is 6.42 Å². The number of nitrogens with zero attached hydrogens (tertiary/aromatic N) is 2. The van der Waals surface area contributed by atoms with Gasteiger partial charge >= 0.3 is 6.03 Å². The molecule has 5 nitrogen and oxygen atoms in total. The Labute approximate surface area is 137 Å². The van der Waals surface area contributed by atoms with Gasteiger partial charge in [-0.3, -0.25) is 0 Å². The summed E-state index contributed by atoms with van der Waals surface area (Å²) in [7, 11) is 5.72. The lowest BCUT2D eigenvalue weighted by atomic mass is 10.2. The van der Waals surface area contributed by atoms with Gasteiger partial charge in [0.1, 0.15) is 5.75 Å². The molecule has 0 bridgehead atoms. The van der Waals surface area contributed by atoms with E-state index in [0.29, 0.717) is 0 Å². The molecule has 22 heavy (non-hydrogen) atoms. The number of hydrogen-bond acceptors (Lipinski definition) is 4. The molecule has 1 heterocycles. The van der Waals surface area contributed by atoms with E-state index >= 15 is 0 Å². The van der Waals surface area contributed by atoms with Gasteiger partial charge in [0.15, 0.2) is 0 Å². The molecule has 1 atom stereocenters. The van der Waals surface area contributed by atoms with E-state index in [1.165, 1.54) is 0 Å². The number of carbonyl (C=O) groups excluding carboxylic acids is 1. The minimum atomic E-state index is -0.0254. The molecule has 2 amide bonds. The standard InChI is InChI=1S/C16H25N3O2S/c1-18(2)11-14-12-22-9-5-8-19(14)16(20)17-13-6-4-7-15(10-13)21-3/h4,6-7,10,14H,5,8-9,11-12H2,1-3H3,(H,17,20). The first-order chi connectivity index (χ1) is 10.6. The summed E-state index contributed by atoms with van der Waals surface area (Å²) < 4.78 is 5.20. The zero-order chi connectivity index (χ0) is 15.9. The highest BCUT2D eigenvalue weighted by molar-refractivity contribution is 7.99. The van der Waals surface area contributed by atoms with E-state index in [4.69, 9.17) is 4.74 Å². The topological polar surface area (TPSA) is 44.8 Å². The molecule has 122 valence electrons. The van der Waals surface area contributed by atoms with Gasteiger partial charge in [0.25, 0.3) is 0 Å². The minimum Gasteiger partial charge on any atom is -0.497 e. The Balaban J connectivity index is 2.06. The Morgan fingerprint density at radius 1 is 1.50 bits per heavy atom. The number of urea groups is 1. The summed E-state index contributed by atoms with van der Waals surface area (Å²) in [6.45, 7) is 1.69. The molecule has 1 saturated heterocycles. The largest absolute Gasteiger partial charge is 0.497 e. The SMILES string of the molecule is COc1cccc(NC(=O)N2CCCSCC2CN(C)C)c1. The summed E-state index contributed by atoms with van der Waals surface area (Å²) in [6.07, 6.45) is 1.04.